The van der Waals surface area contributed by atoms with Crippen LogP contribution in [0.25, 0.3) is 0 Å². The van der Waals surface area contributed by atoms with Crippen molar-refractivity contribution in [2.24, 2.45) is 5.92 Å². The first kappa shape index (κ1) is 11.9. The van der Waals surface area contributed by atoms with E-state index >= 15 is 0 Å². The highest BCUT2D eigenvalue weighted by Gasteiger charge is 2.27. The quantitative estimate of drug-likeness (QED) is 0.633. The monoisotopic (exact) mass is 173 g/mol. The predicted octanol–water partition coefficient (Wildman–Crippen LogP) is 1.78. The minimum atomic E-state index is -0.493. The summed E-state index contributed by atoms with van der Waals surface area (Å²) in [5.74, 6) is 0.446. The molecular weight excluding hydrogens is 150 g/mol. The topological polar surface area (TPSA) is 32.3 Å². The smallest absolute Gasteiger partial charge is 0.0631 e. The van der Waals surface area contributed by atoms with Gasteiger partial charge in [-0.25, -0.2) is 0 Å². The molecule has 1 aliphatic rings. The summed E-state index contributed by atoms with van der Waals surface area (Å²) in [5.41, 5.74) is -0.493. The molecule has 2 N–H and O–H groups in total. The van der Waals surface area contributed by atoms with Crippen LogP contribution < -0.4 is 5.32 Å². The maximum absolute atomic E-state index is 9.60. The normalized spacial score (nSPS) is 24.2. The van der Waals surface area contributed by atoms with Crippen LogP contribution in [-0.2, 0) is 0 Å². The van der Waals surface area contributed by atoms with Crippen molar-refractivity contribution in [1.82, 2.24) is 5.32 Å². The third kappa shape index (κ3) is 4.07. The highest BCUT2D eigenvalue weighted by molar-refractivity contribution is 4.81. The lowest BCUT2D eigenvalue weighted by Crippen LogP contribution is -2.42. The van der Waals surface area contributed by atoms with E-state index in [-0.39, 0.29) is 0 Å². The van der Waals surface area contributed by atoms with Crippen molar-refractivity contribution in [2.45, 2.75) is 46.1 Å². The van der Waals surface area contributed by atoms with Gasteiger partial charge in [0.15, 0.2) is 0 Å². The zero-order chi connectivity index (χ0) is 9.61. The summed E-state index contributed by atoms with van der Waals surface area (Å²) in [6, 6.07) is 0. The highest BCUT2D eigenvalue weighted by atomic mass is 16.3. The Morgan fingerprint density at radius 1 is 1.33 bits per heavy atom. The lowest BCUT2D eigenvalue weighted by Gasteiger charge is -2.32. The average molecular weight is 173 g/mol. The van der Waals surface area contributed by atoms with Crippen molar-refractivity contribution < 1.29 is 5.11 Å². The molecule has 1 heterocycles. The van der Waals surface area contributed by atoms with Crippen LogP contribution in [0.3, 0.4) is 0 Å². The van der Waals surface area contributed by atoms with E-state index in [1.807, 2.05) is 27.7 Å². The third-order valence-electron chi connectivity index (χ3n) is 2.30. The summed E-state index contributed by atoms with van der Waals surface area (Å²) in [5, 5.41) is 12.9. The van der Waals surface area contributed by atoms with Gasteiger partial charge in [-0.1, -0.05) is 13.8 Å². The molecule has 2 nitrogen and oxygen atoms in total. The zero-order valence-electron chi connectivity index (χ0n) is 8.85. The van der Waals surface area contributed by atoms with E-state index in [9.17, 15) is 5.11 Å². The molecule has 0 aromatic rings. The van der Waals surface area contributed by atoms with Crippen LogP contribution in [-0.4, -0.2) is 23.8 Å². The Morgan fingerprint density at radius 2 is 1.92 bits per heavy atom. The fourth-order valence-electron chi connectivity index (χ4n) is 1.45. The molecule has 1 saturated heterocycles. The maximum Gasteiger partial charge on any atom is 0.0631 e. The van der Waals surface area contributed by atoms with Crippen molar-refractivity contribution in [2.75, 3.05) is 13.1 Å². The van der Waals surface area contributed by atoms with E-state index in [0.29, 0.717) is 5.92 Å². The standard InChI is InChI=1S/C8H17NO.C2H6/c1-8(2,10)7-4-3-5-9-6-7;1-2/h7,9-10H,3-6H2,1-2H3;1-2H3. The van der Waals surface area contributed by atoms with Crippen molar-refractivity contribution in [1.29, 1.82) is 0 Å². The van der Waals surface area contributed by atoms with Crippen molar-refractivity contribution in [3.63, 3.8) is 0 Å². The molecular formula is C10H23NO. The van der Waals surface area contributed by atoms with Crippen LogP contribution in [0.15, 0.2) is 0 Å². The molecule has 0 bridgehead atoms. The minimum absolute atomic E-state index is 0.446. The molecule has 1 fully saturated rings. The van der Waals surface area contributed by atoms with Gasteiger partial charge in [0.1, 0.15) is 0 Å². The summed E-state index contributed by atoms with van der Waals surface area (Å²) in [6.45, 7) is 9.88. The van der Waals surface area contributed by atoms with Crippen molar-refractivity contribution in [3.05, 3.63) is 0 Å². The summed E-state index contributed by atoms with van der Waals surface area (Å²) in [6.07, 6.45) is 2.37. The van der Waals surface area contributed by atoms with Crippen molar-refractivity contribution >= 4 is 0 Å². The summed E-state index contributed by atoms with van der Waals surface area (Å²) in [4.78, 5) is 0. The van der Waals surface area contributed by atoms with Gasteiger partial charge >= 0.3 is 0 Å². The van der Waals surface area contributed by atoms with Gasteiger partial charge in [-0.05, 0) is 39.2 Å². The lowest BCUT2D eigenvalue weighted by atomic mass is 9.85. The Labute approximate surface area is 76.4 Å². The molecule has 1 unspecified atom stereocenters. The first-order valence-electron chi connectivity index (χ1n) is 5.04. The van der Waals surface area contributed by atoms with E-state index in [1.165, 1.54) is 6.42 Å². The van der Waals surface area contributed by atoms with Gasteiger partial charge in [0.05, 0.1) is 5.60 Å². The van der Waals surface area contributed by atoms with E-state index < -0.39 is 5.60 Å². The number of hydrogen-bond acceptors (Lipinski definition) is 2. The van der Waals surface area contributed by atoms with Crippen molar-refractivity contribution in [3.8, 4) is 0 Å². The molecule has 0 aliphatic carbocycles. The number of nitrogens with one attached hydrogen (secondary N) is 1. The van der Waals surface area contributed by atoms with Crippen LogP contribution in [0, 0.1) is 5.92 Å². The van der Waals surface area contributed by atoms with Gasteiger partial charge in [0.25, 0.3) is 0 Å². The Morgan fingerprint density at radius 3 is 2.17 bits per heavy atom. The molecule has 0 spiro atoms. The van der Waals surface area contributed by atoms with Crippen LogP contribution in [0.1, 0.15) is 40.5 Å². The van der Waals surface area contributed by atoms with Gasteiger partial charge in [0, 0.05) is 6.54 Å². The molecule has 1 rings (SSSR count). The van der Waals surface area contributed by atoms with Gasteiger partial charge in [-0.3, -0.25) is 0 Å². The van der Waals surface area contributed by atoms with E-state index in [2.05, 4.69) is 5.32 Å². The Hall–Kier alpha value is -0.0800. The highest BCUT2D eigenvalue weighted by Crippen LogP contribution is 2.22. The molecule has 1 aliphatic heterocycles. The number of aliphatic hydroxyl groups is 1. The molecule has 0 radical (unpaired) electrons. The van der Waals surface area contributed by atoms with Crippen LogP contribution in [0.4, 0.5) is 0 Å². The largest absolute Gasteiger partial charge is 0.390 e. The second-order valence-corrected chi connectivity index (χ2v) is 3.70. The Bertz CT molecular complexity index is 101. The van der Waals surface area contributed by atoms with Crippen LogP contribution >= 0.6 is 0 Å². The Kier molecular flexibility index (Phi) is 5.51. The molecule has 0 amide bonds. The minimum Gasteiger partial charge on any atom is -0.390 e. The summed E-state index contributed by atoms with van der Waals surface area (Å²) >= 11 is 0. The van der Waals surface area contributed by atoms with Gasteiger partial charge in [0.2, 0.25) is 0 Å². The number of rotatable bonds is 1. The molecule has 0 aromatic carbocycles. The fourth-order valence-corrected chi connectivity index (χ4v) is 1.45. The molecule has 2 heteroatoms. The molecule has 1 atom stereocenters. The molecule has 74 valence electrons. The number of piperidine rings is 1. The van der Waals surface area contributed by atoms with E-state index in [0.717, 1.165) is 19.5 Å². The lowest BCUT2D eigenvalue weighted by molar-refractivity contribution is 0.00686. The first-order chi connectivity index (χ1) is 5.61. The van der Waals surface area contributed by atoms with E-state index in [1.54, 1.807) is 0 Å². The molecule has 12 heavy (non-hydrogen) atoms. The molecule has 0 saturated carbocycles. The van der Waals surface area contributed by atoms with Gasteiger partial charge < -0.3 is 10.4 Å². The third-order valence-corrected chi connectivity index (χ3v) is 2.30. The predicted molar refractivity (Wildman–Crippen MR) is 53.2 cm³/mol. The first-order valence-corrected chi connectivity index (χ1v) is 5.04. The van der Waals surface area contributed by atoms with E-state index in [4.69, 9.17) is 0 Å². The van der Waals surface area contributed by atoms with Gasteiger partial charge in [-0.2, -0.15) is 0 Å². The number of hydrogen-bond donors (Lipinski definition) is 2. The Balaban J connectivity index is 0.000000561. The fraction of sp³-hybridized carbons (Fsp3) is 1.00. The maximum atomic E-state index is 9.60. The SMILES string of the molecule is CC.CC(C)(O)C1CCCNC1. The average Bonchev–Trinajstić information content (AvgIpc) is 2.08. The van der Waals surface area contributed by atoms with Crippen LogP contribution in [0.5, 0.6) is 0 Å². The molecule has 0 aromatic heterocycles. The second-order valence-electron chi connectivity index (χ2n) is 3.70. The van der Waals surface area contributed by atoms with Crippen LogP contribution in [0.2, 0.25) is 0 Å². The summed E-state index contributed by atoms with van der Waals surface area (Å²) in [7, 11) is 0. The summed E-state index contributed by atoms with van der Waals surface area (Å²) < 4.78 is 0. The second kappa shape index (κ2) is 5.55. The zero-order valence-corrected chi connectivity index (χ0v) is 8.85. The van der Waals surface area contributed by atoms with Gasteiger partial charge in [-0.15, -0.1) is 0 Å².